The number of likely N-dealkylation sites (N-methyl/N-ethyl adjacent to an activating group) is 1. The van der Waals surface area contributed by atoms with Crippen molar-refractivity contribution in [2.45, 2.75) is 38.6 Å². The van der Waals surface area contributed by atoms with Crippen LogP contribution in [0, 0.1) is 0 Å². The zero-order valence-electron chi connectivity index (χ0n) is 8.44. The number of hydrogen-bond acceptors (Lipinski definition) is 3. The molecule has 0 heterocycles. The quantitative estimate of drug-likeness (QED) is 0.637. The van der Waals surface area contributed by atoms with Crippen LogP contribution in [0.1, 0.15) is 33.1 Å². The van der Waals surface area contributed by atoms with E-state index < -0.39 is 5.54 Å². The zero-order valence-corrected chi connectivity index (χ0v) is 8.44. The highest BCUT2D eigenvalue weighted by molar-refractivity contribution is 5.80. The maximum Gasteiger partial charge on any atom is 0.326 e. The predicted molar refractivity (Wildman–Crippen MR) is 49.0 cm³/mol. The average molecular weight is 173 g/mol. The highest BCUT2D eigenvalue weighted by Gasteiger charge is 2.34. The van der Waals surface area contributed by atoms with Gasteiger partial charge < -0.3 is 10.1 Å². The number of esters is 1. The summed E-state index contributed by atoms with van der Waals surface area (Å²) in [5.74, 6) is -0.158. The van der Waals surface area contributed by atoms with E-state index in [1.165, 1.54) is 7.11 Å². The molecule has 3 nitrogen and oxygen atoms in total. The van der Waals surface area contributed by atoms with Crippen LogP contribution >= 0.6 is 0 Å². The summed E-state index contributed by atoms with van der Waals surface area (Å²) in [6.45, 7) is 4.05. The fourth-order valence-electron chi connectivity index (χ4n) is 1.45. The first kappa shape index (κ1) is 11.4. The molecule has 0 saturated heterocycles. The minimum absolute atomic E-state index is 0.158. The van der Waals surface area contributed by atoms with Crippen molar-refractivity contribution in [1.29, 1.82) is 0 Å². The van der Waals surface area contributed by atoms with E-state index >= 15 is 0 Å². The molecule has 12 heavy (non-hydrogen) atoms. The zero-order chi connectivity index (χ0) is 9.61. The normalized spacial score (nSPS) is 15.3. The van der Waals surface area contributed by atoms with Gasteiger partial charge in [-0.1, -0.05) is 20.3 Å². The van der Waals surface area contributed by atoms with Gasteiger partial charge in [0.1, 0.15) is 5.54 Å². The van der Waals surface area contributed by atoms with Crippen LogP contribution in [0.4, 0.5) is 0 Å². The maximum absolute atomic E-state index is 11.4. The topological polar surface area (TPSA) is 38.3 Å². The molecule has 0 aliphatic carbocycles. The second-order valence-corrected chi connectivity index (χ2v) is 2.93. The third-order valence-electron chi connectivity index (χ3n) is 2.34. The van der Waals surface area contributed by atoms with E-state index in [1.54, 1.807) is 7.05 Å². The van der Waals surface area contributed by atoms with Crippen molar-refractivity contribution in [3.8, 4) is 0 Å². The third-order valence-corrected chi connectivity index (χ3v) is 2.34. The van der Waals surface area contributed by atoms with Crippen LogP contribution in [0.25, 0.3) is 0 Å². The van der Waals surface area contributed by atoms with E-state index in [2.05, 4.69) is 12.2 Å². The van der Waals surface area contributed by atoms with Crippen LogP contribution in [0.2, 0.25) is 0 Å². The lowest BCUT2D eigenvalue weighted by Crippen LogP contribution is -2.50. The van der Waals surface area contributed by atoms with Crippen molar-refractivity contribution in [3.05, 3.63) is 0 Å². The number of carbonyl (C=O) groups is 1. The van der Waals surface area contributed by atoms with Crippen LogP contribution in [-0.2, 0) is 9.53 Å². The van der Waals surface area contributed by atoms with Crippen LogP contribution < -0.4 is 5.32 Å². The predicted octanol–water partition coefficient (Wildman–Crippen LogP) is 1.33. The minimum Gasteiger partial charge on any atom is -0.468 e. The Labute approximate surface area is 74.5 Å². The molecule has 1 unspecified atom stereocenters. The smallest absolute Gasteiger partial charge is 0.326 e. The van der Waals surface area contributed by atoms with E-state index in [4.69, 9.17) is 4.74 Å². The Morgan fingerprint density at radius 1 is 1.50 bits per heavy atom. The lowest BCUT2D eigenvalue weighted by molar-refractivity contribution is -0.149. The van der Waals surface area contributed by atoms with E-state index in [1.807, 2.05) is 6.92 Å². The number of nitrogens with one attached hydrogen (secondary N) is 1. The first-order chi connectivity index (χ1) is 5.66. The Morgan fingerprint density at radius 3 is 2.33 bits per heavy atom. The number of methoxy groups -OCH3 is 1. The van der Waals surface area contributed by atoms with Crippen molar-refractivity contribution in [2.75, 3.05) is 14.2 Å². The highest BCUT2D eigenvalue weighted by Crippen LogP contribution is 2.18. The molecule has 0 saturated carbocycles. The van der Waals surface area contributed by atoms with Gasteiger partial charge in [0.15, 0.2) is 0 Å². The number of hydrogen-bond donors (Lipinski definition) is 1. The second kappa shape index (κ2) is 5.14. The molecule has 0 bridgehead atoms. The van der Waals surface area contributed by atoms with E-state index in [9.17, 15) is 4.79 Å². The molecule has 0 aromatic heterocycles. The highest BCUT2D eigenvalue weighted by atomic mass is 16.5. The summed E-state index contributed by atoms with van der Waals surface area (Å²) in [5, 5.41) is 3.04. The van der Waals surface area contributed by atoms with E-state index in [0.29, 0.717) is 0 Å². The summed E-state index contributed by atoms with van der Waals surface area (Å²) in [7, 11) is 3.23. The summed E-state index contributed by atoms with van der Waals surface area (Å²) in [6.07, 6.45) is 2.57. The van der Waals surface area contributed by atoms with Crippen LogP contribution in [0.5, 0.6) is 0 Å². The van der Waals surface area contributed by atoms with Gasteiger partial charge >= 0.3 is 5.97 Å². The summed E-state index contributed by atoms with van der Waals surface area (Å²) < 4.78 is 4.75. The van der Waals surface area contributed by atoms with Crippen LogP contribution in [-0.4, -0.2) is 25.7 Å². The summed E-state index contributed by atoms with van der Waals surface area (Å²) in [6, 6.07) is 0. The Morgan fingerprint density at radius 2 is 2.08 bits per heavy atom. The first-order valence-corrected chi connectivity index (χ1v) is 4.44. The minimum atomic E-state index is -0.469. The summed E-state index contributed by atoms with van der Waals surface area (Å²) >= 11 is 0. The molecule has 0 aromatic rings. The molecule has 0 aliphatic heterocycles. The average Bonchev–Trinajstić information content (AvgIpc) is 2.13. The molecule has 0 radical (unpaired) electrons. The standard InChI is InChI=1S/C9H19NO2/c1-5-7-9(6-2,10-3)8(11)12-4/h10H,5-7H2,1-4H3. The molecule has 0 rings (SSSR count). The van der Waals surface area contributed by atoms with Crippen molar-refractivity contribution in [1.82, 2.24) is 5.32 Å². The van der Waals surface area contributed by atoms with Gasteiger partial charge in [-0.2, -0.15) is 0 Å². The number of rotatable bonds is 5. The van der Waals surface area contributed by atoms with Crippen molar-refractivity contribution >= 4 is 5.97 Å². The molecule has 3 heteroatoms. The number of ether oxygens (including phenoxy) is 1. The summed E-state index contributed by atoms with van der Waals surface area (Å²) in [5.41, 5.74) is -0.469. The van der Waals surface area contributed by atoms with Crippen molar-refractivity contribution in [2.24, 2.45) is 0 Å². The molecular weight excluding hydrogens is 154 g/mol. The van der Waals surface area contributed by atoms with Gasteiger partial charge in [-0.15, -0.1) is 0 Å². The maximum atomic E-state index is 11.4. The van der Waals surface area contributed by atoms with Crippen molar-refractivity contribution in [3.63, 3.8) is 0 Å². The van der Waals surface area contributed by atoms with Gasteiger partial charge in [0, 0.05) is 0 Å². The lowest BCUT2D eigenvalue weighted by Gasteiger charge is -2.28. The number of carbonyl (C=O) groups excluding carboxylic acids is 1. The molecule has 0 fully saturated rings. The van der Waals surface area contributed by atoms with Crippen molar-refractivity contribution < 1.29 is 9.53 Å². The van der Waals surface area contributed by atoms with Gasteiger partial charge in [0.05, 0.1) is 7.11 Å². The Bertz CT molecular complexity index is 141. The first-order valence-electron chi connectivity index (χ1n) is 4.44. The SMILES string of the molecule is CCCC(CC)(NC)C(=O)OC. The van der Waals surface area contributed by atoms with E-state index in [0.717, 1.165) is 19.3 Å². The molecule has 0 aromatic carbocycles. The second-order valence-electron chi connectivity index (χ2n) is 2.93. The van der Waals surface area contributed by atoms with Gasteiger partial charge in [-0.3, -0.25) is 4.79 Å². The monoisotopic (exact) mass is 173 g/mol. The third kappa shape index (κ3) is 2.21. The van der Waals surface area contributed by atoms with Crippen LogP contribution in [0.3, 0.4) is 0 Å². The molecule has 0 amide bonds. The molecular formula is C9H19NO2. The Hall–Kier alpha value is -0.570. The fourth-order valence-corrected chi connectivity index (χ4v) is 1.45. The molecule has 72 valence electrons. The summed E-state index contributed by atoms with van der Waals surface area (Å²) in [4.78, 5) is 11.4. The van der Waals surface area contributed by atoms with Gasteiger partial charge in [-0.05, 0) is 19.9 Å². The van der Waals surface area contributed by atoms with Gasteiger partial charge in [-0.25, -0.2) is 0 Å². The Balaban J connectivity index is 4.44. The molecule has 0 aliphatic rings. The van der Waals surface area contributed by atoms with E-state index in [-0.39, 0.29) is 5.97 Å². The molecule has 1 atom stereocenters. The largest absolute Gasteiger partial charge is 0.468 e. The van der Waals surface area contributed by atoms with Gasteiger partial charge in [0.25, 0.3) is 0 Å². The fraction of sp³-hybridized carbons (Fsp3) is 0.889. The van der Waals surface area contributed by atoms with Crippen LogP contribution in [0.15, 0.2) is 0 Å². The molecule has 0 spiro atoms. The molecule has 1 N–H and O–H groups in total. The van der Waals surface area contributed by atoms with Gasteiger partial charge in [0.2, 0.25) is 0 Å². The Kier molecular flexibility index (Phi) is 4.90. The lowest BCUT2D eigenvalue weighted by atomic mass is 9.91.